The zero-order valence-electron chi connectivity index (χ0n) is 11.4. The van der Waals surface area contributed by atoms with E-state index in [1.807, 2.05) is 0 Å². The zero-order chi connectivity index (χ0) is 18.3. The molecule has 0 aromatic heterocycles. The van der Waals surface area contributed by atoms with E-state index in [0.29, 0.717) is 0 Å². The molecule has 136 valence electrons. The van der Waals surface area contributed by atoms with Gasteiger partial charge in [0.2, 0.25) is 6.79 Å². The quantitative estimate of drug-likeness (QED) is 0.125. The summed E-state index contributed by atoms with van der Waals surface area (Å²) >= 11 is 0. The average molecular weight is 382 g/mol. The second kappa shape index (κ2) is 9.39. The van der Waals surface area contributed by atoms with Gasteiger partial charge in [0.1, 0.15) is 12.1 Å². The molecule has 0 aliphatic rings. The van der Waals surface area contributed by atoms with Crippen LogP contribution in [0.15, 0.2) is 0 Å². The van der Waals surface area contributed by atoms with Crippen molar-refractivity contribution in [3.63, 3.8) is 0 Å². The van der Waals surface area contributed by atoms with Crippen LogP contribution in [0, 0.1) is 0 Å². The number of nitrogens with two attached hydrogens (primary N) is 2. The van der Waals surface area contributed by atoms with Crippen LogP contribution in [0.4, 0.5) is 0 Å². The highest BCUT2D eigenvalue weighted by Gasteiger charge is 2.24. The number of hydrogen-bond donors (Lipinski definition) is 6. The van der Waals surface area contributed by atoms with Crippen molar-refractivity contribution in [3.8, 4) is 0 Å². The molecule has 2 unspecified atom stereocenters. The predicted octanol–water partition coefficient (Wildman–Crippen LogP) is -3.10. The average Bonchev–Trinajstić information content (AvgIpc) is 2.40. The van der Waals surface area contributed by atoms with E-state index in [2.05, 4.69) is 18.5 Å². The van der Waals surface area contributed by atoms with Gasteiger partial charge in [-0.15, -0.1) is 0 Å². The molecule has 0 rings (SSSR count). The Hall–Kier alpha value is -0.920. The number of carbonyl (C=O) groups is 2. The minimum absolute atomic E-state index is 0.841. The molecule has 0 saturated carbocycles. The first-order valence-corrected chi connectivity index (χ1v) is 8.62. The number of ether oxygens (including phenoxy) is 2. The molecule has 0 aromatic carbocycles. The number of carbonyl (C=O) groups excluding carboxylic acids is 2. The van der Waals surface area contributed by atoms with E-state index < -0.39 is 59.7 Å². The number of phosphoric ester groups is 2. The maximum absolute atomic E-state index is 11.2. The molecule has 0 amide bonds. The number of esters is 2. The summed E-state index contributed by atoms with van der Waals surface area (Å²) in [6.07, 6.45) is 0. The molecular formula is C7H16N2O12P2. The Morgan fingerprint density at radius 3 is 1.39 bits per heavy atom. The lowest BCUT2D eigenvalue weighted by atomic mass is 10.3. The van der Waals surface area contributed by atoms with E-state index in [9.17, 15) is 18.7 Å². The fourth-order valence-electron chi connectivity index (χ4n) is 0.851. The van der Waals surface area contributed by atoms with Gasteiger partial charge in [0.05, 0.1) is 13.2 Å². The first kappa shape index (κ1) is 22.1. The Balaban J connectivity index is 4.04. The summed E-state index contributed by atoms with van der Waals surface area (Å²) in [5, 5.41) is 0. The highest BCUT2D eigenvalue weighted by atomic mass is 31.2. The van der Waals surface area contributed by atoms with Crippen molar-refractivity contribution >= 4 is 27.6 Å². The zero-order valence-corrected chi connectivity index (χ0v) is 13.2. The van der Waals surface area contributed by atoms with Gasteiger partial charge in [0.15, 0.2) is 0 Å². The van der Waals surface area contributed by atoms with Crippen molar-refractivity contribution < 1.29 is 56.8 Å². The van der Waals surface area contributed by atoms with Crippen LogP contribution in [0.25, 0.3) is 0 Å². The monoisotopic (exact) mass is 382 g/mol. The van der Waals surface area contributed by atoms with Crippen LogP contribution in [0.3, 0.4) is 0 Å². The summed E-state index contributed by atoms with van der Waals surface area (Å²) in [7, 11) is -9.61. The summed E-state index contributed by atoms with van der Waals surface area (Å²) < 4.78 is 37.4. The Labute approximate surface area is 129 Å². The fourth-order valence-corrected chi connectivity index (χ4v) is 1.56. The van der Waals surface area contributed by atoms with E-state index in [0.717, 1.165) is 0 Å². The lowest BCUT2D eigenvalue weighted by Gasteiger charge is -2.14. The van der Waals surface area contributed by atoms with Crippen molar-refractivity contribution in [1.82, 2.24) is 0 Å². The van der Waals surface area contributed by atoms with Gasteiger partial charge in [-0.1, -0.05) is 0 Å². The summed E-state index contributed by atoms with van der Waals surface area (Å²) in [6.45, 7) is -2.62. The highest BCUT2D eigenvalue weighted by Crippen LogP contribution is 2.36. The Kier molecular flexibility index (Phi) is 9.02. The van der Waals surface area contributed by atoms with Gasteiger partial charge < -0.3 is 40.5 Å². The number of phosphoric acid groups is 2. The molecule has 0 aliphatic carbocycles. The maximum atomic E-state index is 11.2. The van der Waals surface area contributed by atoms with Gasteiger partial charge >= 0.3 is 27.6 Å². The highest BCUT2D eigenvalue weighted by molar-refractivity contribution is 7.46. The predicted molar refractivity (Wildman–Crippen MR) is 69.0 cm³/mol. The van der Waals surface area contributed by atoms with Crippen LogP contribution in [-0.4, -0.2) is 63.6 Å². The lowest BCUT2D eigenvalue weighted by Crippen LogP contribution is -2.39. The van der Waals surface area contributed by atoms with Gasteiger partial charge in [-0.25, -0.2) is 9.13 Å². The van der Waals surface area contributed by atoms with E-state index in [4.69, 9.17) is 31.0 Å². The summed E-state index contributed by atoms with van der Waals surface area (Å²) in [5.41, 5.74) is 10.4. The molecular weight excluding hydrogens is 366 g/mol. The van der Waals surface area contributed by atoms with E-state index >= 15 is 0 Å². The summed E-state index contributed by atoms with van der Waals surface area (Å²) in [6, 6.07) is -3.10. The third-order valence-electron chi connectivity index (χ3n) is 1.85. The van der Waals surface area contributed by atoms with Crippen molar-refractivity contribution in [1.29, 1.82) is 0 Å². The number of rotatable bonds is 10. The standard InChI is InChI=1S/C7H16N2O12P2/c8-4(1-20-22(12,13)14)6(10)18-3-19-7(11)5(9)2-21-23(15,16)17/h4-5H,1-3,8-9H2,(H2,12,13,14)(H2,15,16,17). The van der Waals surface area contributed by atoms with Crippen LogP contribution in [-0.2, 0) is 37.2 Å². The van der Waals surface area contributed by atoms with Gasteiger partial charge in [0, 0.05) is 0 Å². The minimum atomic E-state index is -4.80. The Bertz CT molecular complexity index is 456. The molecule has 14 nitrogen and oxygen atoms in total. The maximum Gasteiger partial charge on any atom is 0.469 e. The first-order valence-electron chi connectivity index (χ1n) is 5.56. The van der Waals surface area contributed by atoms with Crippen LogP contribution in [0.2, 0.25) is 0 Å². The molecule has 0 bridgehead atoms. The van der Waals surface area contributed by atoms with E-state index in [-0.39, 0.29) is 0 Å². The van der Waals surface area contributed by atoms with E-state index in [1.165, 1.54) is 0 Å². The van der Waals surface area contributed by atoms with Crippen molar-refractivity contribution in [2.45, 2.75) is 12.1 Å². The van der Waals surface area contributed by atoms with Crippen molar-refractivity contribution in [2.24, 2.45) is 11.5 Å². The van der Waals surface area contributed by atoms with Gasteiger partial charge in [0.25, 0.3) is 0 Å². The van der Waals surface area contributed by atoms with Crippen LogP contribution in [0.5, 0.6) is 0 Å². The molecule has 23 heavy (non-hydrogen) atoms. The molecule has 0 fully saturated rings. The van der Waals surface area contributed by atoms with E-state index in [1.54, 1.807) is 0 Å². The summed E-state index contributed by atoms with van der Waals surface area (Å²) in [5.74, 6) is -2.38. The van der Waals surface area contributed by atoms with Crippen LogP contribution < -0.4 is 11.5 Å². The van der Waals surface area contributed by atoms with Gasteiger partial charge in [-0.2, -0.15) is 0 Å². The fraction of sp³-hybridized carbons (Fsp3) is 0.714. The molecule has 16 heteroatoms. The molecule has 2 atom stereocenters. The first-order chi connectivity index (χ1) is 10.3. The second-order valence-electron chi connectivity index (χ2n) is 3.83. The van der Waals surface area contributed by atoms with Gasteiger partial charge in [-0.3, -0.25) is 18.6 Å². The third kappa shape index (κ3) is 12.2. The van der Waals surface area contributed by atoms with Gasteiger partial charge in [-0.05, 0) is 0 Å². The Morgan fingerprint density at radius 2 is 1.13 bits per heavy atom. The summed E-state index contributed by atoms with van der Waals surface area (Å²) in [4.78, 5) is 56.1. The lowest BCUT2D eigenvalue weighted by molar-refractivity contribution is -0.169. The smallest absolute Gasteiger partial charge is 0.427 e. The largest absolute Gasteiger partial charge is 0.469 e. The van der Waals surface area contributed by atoms with Crippen LogP contribution >= 0.6 is 15.6 Å². The third-order valence-corrected chi connectivity index (χ3v) is 2.82. The molecule has 0 aromatic rings. The molecule has 0 radical (unpaired) electrons. The normalized spacial score (nSPS) is 14.9. The van der Waals surface area contributed by atoms with Crippen molar-refractivity contribution in [2.75, 3.05) is 20.0 Å². The van der Waals surface area contributed by atoms with Crippen LogP contribution in [0.1, 0.15) is 0 Å². The number of hydrogen-bond acceptors (Lipinski definition) is 10. The topological polar surface area (TPSA) is 238 Å². The molecule has 0 heterocycles. The molecule has 0 saturated heterocycles. The minimum Gasteiger partial charge on any atom is -0.427 e. The SMILES string of the molecule is NC(COP(=O)(O)O)C(=O)OCOC(=O)C(N)COP(=O)(O)O. The molecule has 0 spiro atoms. The second-order valence-corrected chi connectivity index (χ2v) is 6.31. The molecule has 8 N–H and O–H groups in total. The Morgan fingerprint density at radius 1 is 0.826 bits per heavy atom. The molecule has 0 aliphatic heterocycles. The van der Waals surface area contributed by atoms with Crippen molar-refractivity contribution in [3.05, 3.63) is 0 Å².